The number of nitrogens with zero attached hydrogens (tertiary/aromatic N) is 1. The normalized spacial score (nSPS) is 26.5. The Kier molecular flexibility index (Phi) is 6.40. The number of amides is 1. The fourth-order valence-corrected chi connectivity index (χ4v) is 5.08. The average molecular weight is 408 g/mol. The second kappa shape index (κ2) is 9.19. The first-order chi connectivity index (χ1) is 14.6. The van der Waals surface area contributed by atoms with E-state index in [0.29, 0.717) is 18.7 Å². The molecular formula is C25H33N3O2. The summed E-state index contributed by atoms with van der Waals surface area (Å²) in [5.74, 6) is 0.848. The number of nitrogens with one attached hydrogen (secondary N) is 1. The Morgan fingerprint density at radius 1 is 1.13 bits per heavy atom. The van der Waals surface area contributed by atoms with E-state index in [1.807, 2.05) is 30.3 Å². The summed E-state index contributed by atoms with van der Waals surface area (Å²) < 4.78 is 5.58. The van der Waals surface area contributed by atoms with Crippen LogP contribution < -0.4 is 15.8 Å². The highest BCUT2D eigenvalue weighted by Crippen LogP contribution is 2.45. The fraction of sp³-hybridized carbons (Fsp3) is 0.480. The Bertz CT molecular complexity index is 839. The van der Waals surface area contributed by atoms with Gasteiger partial charge in [-0.3, -0.25) is 4.79 Å². The third kappa shape index (κ3) is 4.23. The number of carbonyl (C=O) groups is 1. The third-order valence-electron chi connectivity index (χ3n) is 6.61. The molecule has 5 nitrogen and oxygen atoms in total. The lowest BCUT2D eigenvalue weighted by molar-refractivity contribution is 0.0612. The summed E-state index contributed by atoms with van der Waals surface area (Å²) >= 11 is 0. The summed E-state index contributed by atoms with van der Waals surface area (Å²) in [7, 11) is 0. The predicted molar refractivity (Wildman–Crippen MR) is 120 cm³/mol. The van der Waals surface area contributed by atoms with Crippen molar-refractivity contribution in [1.29, 1.82) is 0 Å². The summed E-state index contributed by atoms with van der Waals surface area (Å²) in [4.78, 5) is 15.9. The van der Waals surface area contributed by atoms with Crippen LogP contribution in [0, 0.1) is 0 Å². The van der Waals surface area contributed by atoms with Gasteiger partial charge in [0.1, 0.15) is 12.4 Å². The molecule has 160 valence electrons. The Balaban J connectivity index is 1.66. The highest BCUT2D eigenvalue weighted by atomic mass is 16.5. The third-order valence-corrected chi connectivity index (χ3v) is 6.61. The van der Waals surface area contributed by atoms with E-state index in [9.17, 15) is 4.79 Å². The van der Waals surface area contributed by atoms with Gasteiger partial charge in [-0.1, -0.05) is 43.2 Å². The van der Waals surface area contributed by atoms with Crippen LogP contribution in [0.15, 0.2) is 54.6 Å². The first kappa shape index (κ1) is 20.9. The molecule has 0 spiro atoms. The predicted octanol–water partition coefficient (Wildman–Crippen LogP) is 3.90. The van der Waals surface area contributed by atoms with E-state index in [1.54, 1.807) is 0 Å². The number of fused-ring (bicyclic) bond motifs is 1. The van der Waals surface area contributed by atoms with Crippen molar-refractivity contribution in [3.63, 3.8) is 0 Å². The van der Waals surface area contributed by atoms with Gasteiger partial charge in [0.2, 0.25) is 0 Å². The Morgan fingerprint density at radius 2 is 1.90 bits per heavy atom. The molecule has 2 heterocycles. The molecule has 5 heteroatoms. The molecule has 0 unspecified atom stereocenters. The van der Waals surface area contributed by atoms with Gasteiger partial charge in [-0.05, 0) is 62.6 Å². The summed E-state index contributed by atoms with van der Waals surface area (Å²) in [6, 6.07) is 18.2. The molecule has 2 saturated heterocycles. The van der Waals surface area contributed by atoms with Crippen LogP contribution in [0.1, 0.15) is 61.0 Å². The molecule has 1 amide bonds. The van der Waals surface area contributed by atoms with Crippen LogP contribution in [-0.2, 0) is 0 Å². The van der Waals surface area contributed by atoms with Crippen LogP contribution in [0.2, 0.25) is 0 Å². The molecule has 0 bridgehead atoms. The van der Waals surface area contributed by atoms with Gasteiger partial charge in [-0.2, -0.15) is 0 Å². The number of nitrogens with two attached hydrogens (primary N) is 1. The maximum Gasteiger partial charge on any atom is 0.254 e. The maximum absolute atomic E-state index is 13.8. The highest BCUT2D eigenvalue weighted by Gasteiger charge is 2.51. The zero-order valence-electron chi connectivity index (χ0n) is 17.8. The minimum absolute atomic E-state index is 0.0687. The first-order valence-corrected chi connectivity index (χ1v) is 11.2. The highest BCUT2D eigenvalue weighted by molar-refractivity contribution is 5.95. The molecule has 3 N–H and O–H groups in total. The van der Waals surface area contributed by atoms with Gasteiger partial charge in [-0.25, -0.2) is 0 Å². The fourth-order valence-electron chi connectivity index (χ4n) is 5.08. The van der Waals surface area contributed by atoms with Crippen LogP contribution >= 0.6 is 0 Å². The molecule has 0 saturated carbocycles. The molecule has 2 fully saturated rings. The molecule has 2 aromatic rings. The number of ether oxygens (including phenoxy) is 1. The standard InChI is InChI=1S/C25H33N3O2/c1-25-18-22(19-8-4-2-5-9-19)28(23(25)10-6-3-7-16-27-25)24(29)20-11-13-21(14-12-20)30-17-15-26/h2,4-5,8-9,11-14,22-23,27H,3,6-7,10,15-18,26H2,1H3/t22-,23-,25-/m0/s1. The number of benzene rings is 2. The van der Waals surface area contributed by atoms with Gasteiger partial charge in [0.25, 0.3) is 5.91 Å². The van der Waals surface area contributed by atoms with Crippen molar-refractivity contribution < 1.29 is 9.53 Å². The summed E-state index contributed by atoms with van der Waals surface area (Å²) in [5, 5.41) is 3.80. The van der Waals surface area contributed by atoms with Crippen LogP contribution in [0.4, 0.5) is 0 Å². The van der Waals surface area contributed by atoms with Gasteiger partial charge in [0.05, 0.1) is 12.1 Å². The van der Waals surface area contributed by atoms with E-state index < -0.39 is 0 Å². The van der Waals surface area contributed by atoms with Gasteiger partial charge in [-0.15, -0.1) is 0 Å². The van der Waals surface area contributed by atoms with Gasteiger partial charge in [0.15, 0.2) is 0 Å². The topological polar surface area (TPSA) is 67.6 Å². The first-order valence-electron chi connectivity index (χ1n) is 11.2. The SMILES string of the molecule is C[C@]12C[C@@H](c3ccccc3)N(C(=O)c3ccc(OCCN)cc3)[C@H]1CCCCCN2. The molecule has 0 aromatic heterocycles. The van der Waals surface area contributed by atoms with Crippen molar-refractivity contribution in [2.75, 3.05) is 19.7 Å². The quantitative estimate of drug-likeness (QED) is 0.789. The molecule has 2 aliphatic heterocycles. The molecule has 30 heavy (non-hydrogen) atoms. The number of likely N-dealkylation sites (tertiary alicyclic amines) is 1. The number of carbonyl (C=O) groups excluding carboxylic acids is 1. The zero-order valence-corrected chi connectivity index (χ0v) is 17.8. The van der Waals surface area contributed by atoms with Gasteiger partial charge >= 0.3 is 0 Å². The van der Waals surface area contributed by atoms with E-state index >= 15 is 0 Å². The molecule has 3 atom stereocenters. The Morgan fingerprint density at radius 3 is 2.63 bits per heavy atom. The summed E-state index contributed by atoms with van der Waals surface area (Å²) in [6.45, 7) is 4.27. The zero-order chi connectivity index (χ0) is 21.0. The van der Waals surface area contributed by atoms with Crippen molar-refractivity contribution in [2.45, 2.75) is 56.7 Å². The number of hydrogen-bond acceptors (Lipinski definition) is 4. The molecule has 0 aliphatic carbocycles. The summed E-state index contributed by atoms with van der Waals surface area (Å²) in [5.41, 5.74) is 7.37. The van der Waals surface area contributed by atoms with Crippen LogP contribution in [0.25, 0.3) is 0 Å². The van der Waals surface area contributed by atoms with Gasteiger partial charge in [0, 0.05) is 17.6 Å². The van der Waals surface area contributed by atoms with Crippen molar-refractivity contribution in [1.82, 2.24) is 10.2 Å². The smallest absolute Gasteiger partial charge is 0.254 e. The van der Waals surface area contributed by atoms with Gasteiger partial charge < -0.3 is 20.7 Å². The lowest BCUT2D eigenvalue weighted by atomic mass is 9.85. The Labute approximate surface area is 179 Å². The average Bonchev–Trinajstić information content (AvgIpc) is 3.05. The maximum atomic E-state index is 13.8. The minimum atomic E-state index is -0.0687. The van der Waals surface area contributed by atoms with Crippen molar-refractivity contribution >= 4 is 5.91 Å². The molecule has 0 radical (unpaired) electrons. The van der Waals surface area contributed by atoms with Crippen LogP contribution in [-0.4, -0.2) is 42.1 Å². The monoisotopic (exact) mass is 407 g/mol. The molecule has 4 rings (SSSR count). The van der Waals surface area contributed by atoms with E-state index in [0.717, 1.165) is 25.1 Å². The van der Waals surface area contributed by atoms with E-state index in [1.165, 1.54) is 24.8 Å². The van der Waals surface area contributed by atoms with Crippen LogP contribution in [0.5, 0.6) is 5.75 Å². The lowest BCUT2D eigenvalue weighted by Gasteiger charge is -2.38. The largest absolute Gasteiger partial charge is 0.492 e. The Hall–Kier alpha value is -2.37. The van der Waals surface area contributed by atoms with Crippen molar-refractivity contribution in [2.24, 2.45) is 5.73 Å². The van der Waals surface area contributed by atoms with Crippen molar-refractivity contribution in [3.05, 3.63) is 65.7 Å². The number of rotatable bonds is 5. The molecule has 2 aromatic carbocycles. The number of hydrogen-bond donors (Lipinski definition) is 2. The summed E-state index contributed by atoms with van der Waals surface area (Å²) in [6.07, 6.45) is 5.56. The van der Waals surface area contributed by atoms with E-state index in [2.05, 4.69) is 41.4 Å². The lowest BCUT2D eigenvalue weighted by Crippen LogP contribution is -2.54. The second-order valence-corrected chi connectivity index (χ2v) is 8.71. The second-order valence-electron chi connectivity index (χ2n) is 8.71. The molecule has 2 aliphatic rings. The van der Waals surface area contributed by atoms with E-state index in [-0.39, 0.29) is 23.5 Å². The molecular weight excluding hydrogens is 374 g/mol. The van der Waals surface area contributed by atoms with Crippen molar-refractivity contribution in [3.8, 4) is 5.75 Å². The van der Waals surface area contributed by atoms with E-state index in [4.69, 9.17) is 10.5 Å². The minimum Gasteiger partial charge on any atom is -0.492 e. The van der Waals surface area contributed by atoms with Crippen LogP contribution in [0.3, 0.4) is 0 Å².